The SMILES string of the molecule is COc1cc(C(O)C(O)CCBr)ccc1C. The summed E-state index contributed by atoms with van der Waals surface area (Å²) in [5.74, 6) is 0.725. The molecule has 0 aromatic heterocycles. The van der Waals surface area contributed by atoms with Gasteiger partial charge in [0.15, 0.2) is 0 Å². The van der Waals surface area contributed by atoms with Crippen molar-refractivity contribution < 1.29 is 14.9 Å². The van der Waals surface area contributed by atoms with E-state index in [1.165, 1.54) is 0 Å². The van der Waals surface area contributed by atoms with E-state index in [1.54, 1.807) is 19.2 Å². The lowest BCUT2D eigenvalue weighted by molar-refractivity contribution is 0.0172. The fourth-order valence-corrected chi connectivity index (χ4v) is 1.98. The summed E-state index contributed by atoms with van der Waals surface area (Å²) in [4.78, 5) is 0. The molecule has 2 atom stereocenters. The van der Waals surface area contributed by atoms with Gasteiger partial charge in [-0.25, -0.2) is 0 Å². The first-order chi connectivity index (χ1) is 7.60. The van der Waals surface area contributed by atoms with E-state index in [4.69, 9.17) is 4.74 Å². The topological polar surface area (TPSA) is 49.7 Å². The Labute approximate surface area is 104 Å². The van der Waals surface area contributed by atoms with E-state index in [2.05, 4.69) is 15.9 Å². The fraction of sp³-hybridized carbons (Fsp3) is 0.500. The van der Waals surface area contributed by atoms with Crippen LogP contribution in [-0.4, -0.2) is 28.8 Å². The second-order valence-electron chi connectivity index (χ2n) is 3.72. The van der Waals surface area contributed by atoms with Gasteiger partial charge >= 0.3 is 0 Å². The predicted molar refractivity (Wildman–Crippen MR) is 67.1 cm³/mol. The molecule has 0 aliphatic rings. The quantitative estimate of drug-likeness (QED) is 0.817. The van der Waals surface area contributed by atoms with E-state index in [-0.39, 0.29) is 0 Å². The molecule has 16 heavy (non-hydrogen) atoms. The van der Waals surface area contributed by atoms with Crippen LogP contribution in [0.4, 0.5) is 0 Å². The third kappa shape index (κ3) is 3.20. The van der Waals surface area contributed by atoms with Gasteiger partial charge in [-0.15, -0.1) is 0 Å². The largest absolute Gasteiger partial charge is 0.496 e. The summed E-state index contributed by atoms with van der Waals surface area (Å²) in [5, 5.41) is 20.2. The van der Waals surface area contributed by atoms with Gasteiger partial charge in [-0.2, -0.15) is 0 Å². The van der Waals surface area contributed by atoms with Gasteiger partial charge in [0.1, 0.15) is 11.9 Å². The zero-order valence-corrected chi connectivity index (χ0v) is 11.1. The van der Waals surface area contributed by atoms with Crippen LogP contribution in [0.1, 0.15) is 23.7 Å². The summed E-state index contributed by atoms with van der Waals surface area (Å²) in [6.45, 7) is 1.93. The molecule has 0 fully saturated rings. The maximum atomic E-state index is 9.90. The normalized spacial score (nSPS) is 14.6. The molecule has 4 heteroatoms. The Balaban J connectivity index is 2.87. The molecule has 0 aliphatic heterocycles. The van der Waals surface area contributed by atoms with E-state index in [0.29, 0.717) is 17.3 Å². The van der Waals surface area contributed by atoms with Gasteiger partial charge in [0, 0.05) is 5.33 Å². The summed E-state index contributed by atoms with van der Waals surface area (Å²) < 4.78 is 5.17. The molecule has 0 saturated heterocycles. The number of methoxy groups -OCH3 is 1. The van der Waals surface area contributed by atoms with E-state index in [9.17, 15) is 10.2 Å². The minimum absolute atomic E-state index is 0.511. The number of halogens is 1. The third-order valence-electron chi connectivity index (χ3n) is 2.54. The molecule has 0 aliphatic carbocycles. The smallest absolute Gasteiger partial charge is 0.122 e. The number of aliphatic hydroxyl groups excluding tert-OH is 2. The second-order valence-corrected chi connectivity index (χ2v) is 4.51. The van der Waals surface area contributed by atoms with Gasteiger partial charge < -0.3 is 14.9 Å². The highest BCUT2D eigenvalue weighted by Crippen LogP contribution is 2.26. The Morgan fingerprint density at radius 2 is 2.06 bits per heavy atom. The molecule has 2 N–H and O–H groups in total. The summed E-state index contributed by atoms with van der Waals surface area (Å²) in [6.07, 6.45) is -1.11. The molecule has 1 aromatic rings. The number of hydrogen-bond donors (Lipinski definition) is 2. The summed E-state index contributed by atoms with van der Waals surface area (Å²) in [5.41, 5.74) is 1.68. The lowest BCUT2D eigenvalue weighted by atomic mass is 10.0. The van der Waals surface area contributed by atoms with Crippen LogP contribution >= 0.6 is 15.9 Å². The molecular weight excluding hydrogens is 272 g/mol. The predicted octanol–water partition coefficient (Wildman–Crippen LogP) is 2.18. The number of aliphatic hydroxyl groups is 2. The highest BCUT2D eigenvalue weighted by Gasteiger charge is 2.18. The number of rotatable bonds is 5. The highest BCUT2D eigenvalue weighted by molar-refractivity contribution is 9.09. The summed E-state index contributed by atoms with van der Waals surface area (Å²) in [7, 11) is 1.59. The van der Waals surface area contributed by atoms with Crippen LogP contribution in [-0.2, 0) is 0 Å². The van der Waals surface area contributed by atoms with Gasteiger partial charge in [-0.1, -0.05) is 28.1 Å². The van der Waals surface area contributed by atoms with E-state index in [0.717, 1.165) is 11.3 Å². The van der Waals surface area contributed by atoms with Gasteiger partial charge in [-0.3, -0.25) is 0 Å². The van der Waals surface area contributed by atoms with Crippen molar-refractivity contribution in [3.8, 4) is 5.75 Å². The van der Waals surface area contributed by atoms with Crippen molar-refractivity contribution in [1.82, 2.24) is 0 Å². The lowest BCUT2D eigenvalue weighted by Crippen LogP contribution is -2.18. The monoisotopic (exact) mass is 288 g/mol. The molecular formula is C12H17BrO3. The molecule has 0 spiro atoms. The lowest BCUT2D eigenvalue weighted by Gasteiger charge is -2.18. The van der Waals surface area contributed by atoms with Gasteiger partial charge in [-0.05, 0) is 30.5 Å². The van der Waals surface area contributed by atoms with Crippen LogP contribution in [0.3, 0.4) is 0 Å². The number of ether oxygens (including phenoxy) is 1. The zero-order chi connectivity index (χ0) is 12.1. The van der Waals surface area contributed by atoms with Gasteiger partial charge in [0.25, 0.3) is 0 Å². The molecule has 0 radical (unpaired) electrons. The fourth-order valence-electron chi connectivity index (χ4n) is 1.51. The van der Waals surface area contributed by atoms with E-state index < -0.39 is 12.2 Å². The Morgan fingerprint density at radius 3 is 2.62 bits per heavy atom. The first-order valence-electron chi connectivity index (χ1n) is 5.16. The van der Waals surface area contributed by atoms with Gasteiger partial charge in [0.2, 0.25) is 0 Å². The van der Waals surface area contributed by atoms with Crippen molar-refractivity contribution in [2.75, 3.05) is 12.4 Å². The highest BCUT2D eigenvalue weighted by atomic mass is 79.9. The van der Waals surface area contributed by atoms with Crippen LogP contribution in [0, 0.1) is 6.92 Å². The summed E-state index contributed by atoms with van der Waals surface area (Å²) in [6, 6.07) is 5.44. The van der Waals surface area contributed by atoms with E-state index >= 15 is 0 Å². The molecule has 1 aromatic carbocycles. The van der Waals surface area contributed by atoms with Crippen LogP contribution < -0.4 is 4.74 Å². The van der Waals surface area contributed by atoms with Crippen LogP contribution in [0.15, 0.2) is 18.2 Å². The molecule has 90 valence electrons. The van der Waals surface area contributed by atoms with Gasteiger partial charge in [0.05, 0.1) is 13.2 Å². The third-order valence-corrected chi connectivity index (χ3v) is 3.00. The van der Waals surface area contributed by atoms with Crippen molar-refractivity contribution in [2.45, 2.75) is 25.6 Å². The molecule has 0 amide bonds. The van der Waals surface area contributed by atoms with Crippen LogP contribution in [0.5, 0.6) is 5.75 Å². The van der Waals surface area contributed by atoms with Crippen LogP contribution in [0.2, 0.25) is 0 Å². The second kappa shape index (κ2) is 6.23. The van der Waals surface area contributed by atoms with Crippen molar-refractivity contribution in [2.24, 2.45) is 0 Å². The molecule has 3 nitrogen and oxygen atoms in total. The van der Waals surface area contributed by atoms with Crippen LogP contribution in [0.25, 0.3) is 0 Å². The average molecular weight is 289 g/mol. The number of benzene rings is 1. The molecule has 0 heterocycles. The molecule has 2 unspecified atom stereocenters. The van der Waals surface area contributed by atoms with Crippen molar-refractivity contribution in [1.29, 1.82) is 0 Å². The number of aryl methyl sites for hydroxylation is 1. The van der Waals surface area contributed by atoms with Crippen molar-refractivity contribution in [3.63, 3.8) is 0 Å². The Hall–Kier alpha value is -0.580. The standard InChI is InChI=1S/C12H17BrO3/c1-8-3-4-9(7-11(8)16-2)12(15)10(14)5-6-13/h3-4,7,10,12,14-15H,5-6H2,1-2H3. The van der Waals surface area contributed by atoms with E-state index in [1.807, 2.05) is 13.0 Å². The Morgan fingerprint density at radius 1 is 1.38 bits per heavy atom. The average Bonchev–Trinajstić information content (AvgIpc) is 2.29. The maximum absolute atomic E-state index is 9.90. The summed E-state index contributed by atoms with van der Waals surface area (Å²) >= 11 is 3.23. The first kappa shape index (κ1) is 13.5. The Bertz CT molecular complexity index is 341. The number of hydrogen-bond acceptors (Lipinski definition) is 3. The zero-order valence-electron chi connectivity index (χ0n) is 9.48. The number of alkyl halides is 1. The first-order valence-corrected chi connectivity index (χ1v) is 6.29. The Kier molecular flexibility index (Phi) is 5.25. The van der Waals surface area contributed by atoms with Crippen molar-refractivity contribution >= 4 is 15.9 Å². The molecule has 0 bridgehead atoms. The van der Waals surface area contributed by atoms with Crippen molar-refractivity contribution in [3.05, 3.63) is 29.3 Å². The molecule has 1 rings (SSSR count). The minimum atomic E-state index is -0.868. The molecule has 0 saturated carbocycles. The maximum Gasteiger partial charge on any atom is 0.122 e. The minimum Gasteiger partial charge on any atom is -0.496 e.